The van der Waals surface area contributed by atoms with Gasteiger partial charge in [-0.1, -0.05) is 5.16 Å². The van der Waals surface area contributed by atoms with E-state index in [0.717, 1.165) is 22.4 Å². The van der Waals surface area contributed by atoms with Gasteiger partial charge in [0.25, 0.3) is 0 Å². The molecule has 0 fully saturated rings. The summed E-state index contributed by atoms with van der Waals surface area (Å²) in [6.07, 6.45) is 6.73. The van der Waals surface area contributed by atoms with E-state index >= 15 is 0 Å². The summed E-state index contributed by atoms with van der Waals surface area (Å²) in [4.78, 5) is 12.2. The molecule has 3 heterocycles. The molecular weight excluding hydrogens is 242 g/mol. The number of nitrogens with zero attached hydrogens (tertiary/aromatic N) is 4. The molecule has 0 atom stereocenters. The van der Waals surface area contributed by atoms with E-state index in [-0.39, 0.29) is 5.95 Å². The van der Waals surface area contributed by atoms with Gasteiger partial charge in [-0.3, -0.25) is 4.98 Å². The van der Waals surface area contributed by atoms with Crippen molar-refractivity contribution in [3.63, 3.8) is 0 Å². The van der Waals surface area contributed by atoms with E-state index in [1.165, 1.54) is 0 Å². The fraction of sp³-hybridized carbons (Fsp3) is 0.0769. The molecule has 0 radical (unpaired) electrons. The summed E-state index contributed by atoms with van der Waals surface area (Å²) in [5.41, 5.74) is 8.96. The molecule has 0 aliphatic heterocycles. The molecule has 94 valence electrons. The number of rotatable bonds is 2. The third kappa shape index (κ3) is 2.15. The Balaban J connectivity index is 2.08. The normalized spacial score (nSPS) is 10.6. The standard InChI is InChI=1S/C13H11N5O/c1-8-5-17-19-12(8)10-4-9(6-15-7-10)11-2-3-16-13(14)18-11/h2-7H,1H3,(H2,14,16,18). The molecule has 0 aliphatic rings. The van der Waals surface area contributed by atoms with Gasteiger partial charge in [-0.05, 0) is 19.1 Å². The minimum atomic E-state index is 0.235. The van der Waals surface area contributed by atoms with E-state index in [2.05, 4.69) is 20.1 Å². The lowest BCUT2D eigenvalue weighted by atomic mass is 10.1. The number of nitrogen functional groups attached to an aromatic ring is 1. The Bertz CT molecular complexity index is 722. The smallest absolute Gasteiger partial charge is 0.220 e. The van der Waals surface area contributed by atoms with Crippen LogP contribution in [0.1, 0.15) is 5.56 Å². The van der Waals surface area contributed by atoms with Crippen molar-refractivity contribution in [2.45, 2.75) is 6.92 Å². The average Bonchev–Trinajstić information content (AvgIpc) is 2.85. The van der Waals surface area contributed by atoms with Gasteiger partial charge in [-0.15, -0.1) is 0 Å². The van der Waals surface area contributed by atoms with Crippen molar-refractivity contribution in [3.8, 4) is 22.6 Å². The maximum Gasteiger partial charge on any atom is 0.220 e. The molecule has 0 aliphatic carbocycles. The summed E-state index contributed by atoms with van der Waals surface area (Å²) in [6.45, 7) is 1.93. The van der Waals surface area contributed by atoms with E-state index in [1.54, 1.807) is 30.9 Å². The van der Waals surface area contributed by atoms with Crippen LogP contribution in [0.4, 0.5) is 5.95 Å². The molecule has 0 unspecified atom stereocenters. The Morgan fingerprint density at radius 3 is 2.74 bits per heavy atom. The summed E-state index contributed by atoms with van der Waals surface area (Å²) in [6, 6.07) is 3.71. The molecule has 3 aromatic rings. The fourth-order valence-corrected chi connectivity index (χ4v) is 1.81. The Kier molecular flexibility index (Phi) is 2.68. The zero-order chi connectivity index (χ0) is 13.2. The summed E-state index contributed by atoms with van der Waals surface area (Å²) in [5.74, 6) is 0.940. The van der Waals surface area contributed by atoms with E-state index in [1.807, 2.05) is 13.0 Å². The van der Waals surface area contributed by atoms with Gasteiger partial charge < -0.3 is 10.3 Å². The maximum atomic E-state index is 5.58. The molecule has 3 rings (SSSR count). The first-order valence-electron chi connectivity index (χ1n) is 5.69. The van der Waals surface area contributed by atoms with E-state index in [9.17, 15) is 0 Å². The minimum absolute atomic E-state index is 0.235. The monoisotopic (exact) mass is 253 g/mol. The number of hydrogen-bond donors (Lipinski definition) is 1. The van der Waals surface area contributed by atoms with Gasteiger partial charge in [0.15, 0.2) is 5.76 Å². The van der Waals surface area contributed by atoms with Gasteiger partial charge in [-0.2, -0.15) is 0 Å². The van der Waals surface area contributed by atoms with Crippen LogP contribution in [0.15, 0.2) is 41.4 Å². The van der Waals surface area contributed by atoms with E-state index < -0.39 is 0 Å². The Morgan fingerprint density at radius 1 is 1.16 bits per heavy atom. The van der Waals surface area contributed by atoms with Gasteiger partial charge in [0.1, 0.15) is 0 Å². The van der Waals surface area contributed by atoms with Crippen molar-refractivity contribution in [2.24, 2.45) is 0 Å². The minimum Gasteiger partial charge on any atom is -0.368 e. The van der Waals surface area contributed by atoms with Gasteiger partial charge in [0.05, 0.1) is 11.9 Å². The van der Waals surface area contributed by atoms with Crippen LogP contribution in [0, 0.1) is 6.92 Å². The molecule has 6 heteroatoms. The van der Waals surface area contributed by atoms with Gasteiger partial charge in [-0.25, -0.2) is 9.97 Å². The first-order valence-corrected chi connectivity index (χ1v) is 5.69. The molecule has 0 spiro atoms. The first kappa shape index (κ1) is 11.3. The molecule has 0 saturated carbocycles. The zero-order valence-corrected chi connectivity index (χ0v) is 10.2. The lowest BCUT2D eigenvalue weighted by Crippen LogP contribution is -1.95. The molecule has 3 aromatic heterocycles. The number of nitrogens with two attached hydrogens (primary N) is 1. The van der Waals surface area contributed by atoms with Gasteiger partial charge in [0, 0.05) is 35.3 Å². The van der Waals surface area contributed by atoms with Crippen molar-refractivity contribution in [3.05, 3.63) is 42.5 Å². The largest absolute Gasteiger partial charge is 0.368 e. The third-order valence-corrected chi connectivity index (χ3v) is 2.72. The third-order valence-electron chi connectivity index (χ3n) is 2.72. The van der Waals surface area contributed by atoms with Crippen LogP contribution in [0.5, 0.6) is 0 Å². The highest BCUT2D eigenvalue weighted by atomic mass is 16.5. The molecular formula is C13H11N5O. The predicted octanol–water partition coefficient (Wildman–Crippen LogP) is 2.08. The van der Waals surface area contributed by atoms with E-state index in [4.69, 9.17) is 10.3 Å². The number of anilines is 1. The van der Waals surface area contributed by atoms with Gasteiger partial charge in [0.2, 0.25) is 5.95 Å². The second kappa shape index (κ2) is 4.49. The highest BCUT2D eigenvalue weighted by Gasteiger charge is 2.09. The van der Waals surface area contributed by atoms with Crippen LogP contribution >= 0.6 is 0 Å². The molecule has 6 nitrogen and oxygen atoms in total. The quantitative estimate of drug-likeness (QED) is 0.751. The van der Waals surface area contributed by atoms with Crippen LogP contribution in [-0.2, 0) is 0 Å². The zero-order valence-electron chi connectivity index (χ0n) is 10.2. The lowest BCUT2D eigenvalue weighted by Gasteiger charge is -2.03. The van der Waals surface area contributed by atoms with Gasteiger partial charge >= 0.3 is 0 Å². The molecule has 0 bridgehead atoms. The summed E-state index contributed by atoms with van der Waals surface area (Å²) in [7, 11) is 0. The molecule has 0 amide bonds. The molecule has 0 aromatic carbocycles. The molecule has 2 N–H and O–H groups in total. The number of pyridine rings is 1. The van der Waals surface area contributed by atoms with Crippen molar-refractivity contribution in [2.75, 3.05) is 5.73 Å². The Morgan fingerprint density at radius 2 is 2.00 bits per heavy atom. The highest BCUT2D eigenvalue weighted by molar-refractivity contribution is 5.68. The van der Waals surface area contributed by atoms with Crippen LogP contribution in [-0.4, -0.2) is 20.1 Å². The van der Waals surface area contributed by atoms with Crippen molar-refractivity contribution in [1.29, 1.82) is 0 Å². The topological polar surface area (TPSA) is 90.7 Å². The highest BCUT2D eigenvalue weighted by Crippen LogP contribution is 2.26. The van der Waals surface area contributed by atoms with Crippen molar-refractivity contribution < 1.29 is 4.52 Å². The number of aromatic nitrogens is 4. The van der Waals surface area contributed by atoms with Crippen molar-refractivity contribution in [1.82, 2.24) is 20.1 Å². The SMILES string of the molecule is Cc1cnoc1-c1cncc(-c2ccnc(N)n2)c1. The predicted molar refractivity (Wildman–Crippen MR) is 69.9 cm³/mol. The van der Waals surface area contributed by atoms with Crippen LogP contribution < -0.4 is 5.73 Å². The Labute approximate surface area is 109 Å². The fourth-order valence-electron chi connectivity index (χ4n) is 1.81. The summed E-state index contributed by atoms with van der Waals surface area (Å²) in [5, 5.41) is 3.77. The molecule has 0 saturated heterocycles. The average molecular weight is 253 g/mol. The summed E-state index contributed by atoms with van der Waals surface area (Å²) < 4.78 is 5.22. The Hall–Kier alpha value is -2.76. The maximum absolute atomic E-state index is 5.58. The van der Waals surface area contributed by atoms with Crippen molar-refractivity contribution >= 4 is 5.95 Å². The summed E-state index contributed by atoms with van der Waals surface area (Å²) >= 11 is 0. The lowest BCUT2D eigenvalue weighted by molar-refractivity contribution is 0.432. The number of aryl methyl sites for hydroxylation is 1. The van der Waals surface area contributed by atoms with Crippen LogP contribution in [0.25, 0.3) is 22.6 Å². The second-order valence-corrected chi connectivity index (χ2v) is 4.10. The van der Waals surface area contributed by atoms with E-state index in [0.29, 0.717) is 5.76 Å². The van der Waals surface area contributed by atoms with Crippen LogP contribution in [0.2, 0.25) is 0 Å². The number of hydrogen-bond acceptors (Lipinski definition) is 6. The van der Waals surface area contributed by atoms with Crippen LogP contribution in [0.3, 0.4) is 0 Å². The second-order valence-electron chi connectivity index (χ2n) is 4.10. The molecule has 19 heavy (non-hydrogen) atoms. The first-order chi connectivity index (χ1) is 9.24.